The van der Waals surface area contributed by atoms with Crippen molar-refractivity contribution in [3.05, 3.63) is 224 Å². The normalized spacial score (nSPS) is 11.6. The highest BCUT2D eigenvalue weighted by atomic mass is 16.3. The summed E-state index contributed by atoms with van der Waals surface area (Å²) < 4.78 is 13.2. The molecule has 3 nitrogen and oxygen atoms in total. The van der Waals surface area contributed by atoms with Gasteiger partial charge in [0.25, 0.3) is 0 Å². The molecule has 0 atom stereocenters. The van der Waals surface area contributed by atoms with E-state index < -0.39 is 0 Å². The molecule has 12 aromatic rings. The highest BCUT2D eigenvalue weighted by Gasteiger charge is 2.21. The SMILES string of the molecule is c1ccc(-c2ccc(N(c3ccc(-c4cccc5c4oc4ccccc45)cc3)c3ccc(-c4cccc5ccccc45)c(-c4cccc5c4oc4ccccc45)c3)cc2)cc1. The predicted molar refractivity (Wildman–Crippen MR) is 255 cm³/mol. The lowest BCUT2D eigenvalue weighted by atomic mass is 9.90. The Morgan fingerprint density at radius 2 is 0.738 bits per heavy atom. The summed E-state index contributed by atoms with van der Waals surface area (Å²) in [5.74, 6) is 0. The first-order valence-corrected chi connectivity index (χ1v) is 20.7. The molecule has 286 valence electrons. The number of furan rings is 2. The molecule has 3 heteroatoms. The topological polar surface area (TPSA) is 29.5 Å². The zero-order valence-electron chi connectivity index (χ0n) is 33.1. The molecule has 0 unspecified atom stereocenters. The Labute approximate surface area is 353 Å². The fraction of sp³-hybridized carbons (Fsp3) is 0. The molecule has 2 aromatic heterocycles. The second kappa shape index (κ2) is 14.3. The Kier molecular flexibility index (Phi) is 8.17. The van der Waals surface area contributed by atoms with E-state index in [1.165, 1.54) is 27.5 Å². The maximum absolute atomic E-state index is 6.72. The first-order valence-electron chi connectivity index (χ1n) is 20.7. The smallest absolute Gasteiger partial charge is 0.143 e. The van der Waals surface area contributed by atoms with Crippen molar-refractivity contribution in [2.45, 2.75) is 0 Å². The van der Waals surface area contributed by atoms with Crippen LogP contribution in [-0.2, 0) is 0 Å². The summed E-state index contributed by atoms with van der Waals surface area (Å²) in [4.78, 5) is 2.36. The predicted octanol–water partition coefficient (Wildman–Crippen LogP) is 16.8. The number of anilines is 3. The quantitative estimate of drug-likeness (QED) is 0.161. The van der Waals surface area contributed by atoms with Gasteiger partial charge in [-0.3, -0.25) is 0 Å². The van der Waals surface area contributed by atoms with E-state index >= 15 is 0 Å². The molecular formula is C58H37NO2. The summed E-state index contributed by atoms with van der Waals surface area (Å²) in [5.41, 5.74) is 15.7. The molecule has 2 heterocycles. The lowest BCUT2D eigenvalue weighted by Crippen LogP contribution is -2.10. The summed E-state index contributed by atoms with van der Waals surface area (Å²) in [6, 6.07) is 79.9. The van der Waals surface area contributed by atoms with Crippen LogP contribution in [0.2, 0.25) is 0 Å². The fourth-order valence-corrected chi connectivity index (χ4v) is 9.19. The number of hydrogen-bond acceptors (Lipinski definition) is 3. The molecule has 61 heavy (non-hydrogen) atoms. The van der Waals surface area contributed by atoms with Crippen LogP contribution in [0.1, 0.15) is 0 Å². The van der Waals surface area contributed by atoms with Gasteiger partial charge in [-0.2, -0.15) is 0 Å². The van der Waals surface area contributed by atoms with Crippen molar-refractivity contribution in [1.82, 2.24) is 0 Å². The first kappa shape index (κ1) is 34.9. The Hall–Kier alpha value is -8.14. The van der Waals surface area contributed by atoms with E-state index in [2.05, 4.69) is 211 Å². The first-order chi connectivity index (χ1) is 30.2. The van der Waals surface area contributed by atoms with Gasteiger partial charge in [0.1, 0.15) is 22.3 Å². The highest BCUT2D eigenvalue weighted by molar-refractivity contribution is 6.12. The Morgan fingerprint density at radius 1 is 0.262 bits per heavy atom. The largest absolute Gasteiger partial charge is 0.455 e. The third kappa shape index (κ3) is 5.90. The van der Waals surface area contributed by atoms with Crippen molar-refractivity contribution in [2.75, 3.05) is 4.90 Å². The molecule has 0 aliphatic heterocycles. The van der Waals surface area contributed by atoms with Crippen molar-refractivity contribution in [2.24, 2.45) is 0 Å². The lowest BCUT2D eigenvalue weighted by molar-refractivity contribution is 0.669. The van der Waals surface area contributed by atoms with Crippen LogP contribution >= 0.6 is 0 Å². The van der Waals surface area contributed by atoms with Gasteiger partial charge >= 0.3 is 0 Å². The van der Waals surface area contributed by atoms with E-state index in [4.69, 9.17) is 8.83 Å². The van der Waals surface area contributed by atoms with Crippen molar-refractivity contribution < 1.29 is 8.83 Å². The number of nitrogens with zero attached hydrogens (tertiary/aromatic N) is 1. The lowest BCUT2D eigenvalue weighted by Gasteiger charge is -2.27. The molecule has 0 radical (unpaired) electrons. The summed E-state index contributed by atoms with van der Waals surface area (Å²) in [6.07, 6.45) is 0. The number of fused-ring (bicyclic) bond motifs is 7. The minimum atomic E-state index is 0.880. The van der Waals surface area contributed by atoms with Gasteiger partial charge in [0, 0.05) is 49.7 Å². The minimum absolute atomic E-state index is 0.880. The zero-order chi connectivity index (χ0) is 40.3. The molecule has 0 N–H and O–H groups in total. The maximum atomic E-state index is 6.72. The van der Waals surface area contributed by atoms with Gasteiger partial charge < -0.3 is 13.7 Å². The molecule has 10 aromatic carbocycles. The van der Waals surface area contributed by atoms with Crippen LogP contribution in [0.4, 0.5) is 17.1 Å². The molecule has 0 spiro atoms. The van der Waals surface area contributed by atoms with Gasteiger partial charge in [0.05, 0.1) is 0 Å². The third-order valence-electron chi connectivity index (χ3n) is 12.1. The van der Waals surface area contributed by atoms with Gasteiger partial charge in [-0.25, -0.2) is 0 Å². The van der Waals surface area contributed by atoms with Gasteiger partial charge in [0.15, 0.2) is 0 Å². The Bertz CT molecular complexity index is 3570. The van der Waals surface area contributed by atoms with Crippen LogP contribution in [0.15, 0.2) is 233 Å². The molecule has 0 bridgehead atoms. The van der Waals surface area contributed by atoms with E-state index in [1.54, 1.807) is 0 Å². The minimum Gasteiger partial charge on any atom is -0.455 e. The third-order valence-corrected chi connectivity index (χ3v) is 12.1. The Morgan fingerprint density at radius 3 is 1.43 bits per heavy atom. The van der Waals surface area contributed by atoms with Gasteiger partial charge in [0.2, 0.25) is 0 Å². The summed E-state index contributed by atoms with van der Waals surface area (Å²) >= 11 is 0. The molecule has 0 saturated carbocycles. The Balaban J connectivity index is 1.06. The average molecular weight is 780 g/mol. The average Bonchev–Trinajstić information content (AvgIpc) is 3.91. The van der Waals surface area contributed by atoms with Gasteiger partial charge in [-0.15, -0.1) is 0 Å². The number of benzene rings is 10. The second-order valence-electron chi connectivity index (χ2n) is 15.6. The van der Waals surface area contributed by atoms with Crippen LogP contribution in [-0.4, -0.2) is 0 Å². The second-order valence-corrected chi connectivity index (χ2v) is 15.6. The van der Waals surface area contributed by atoms with Crippen molar-refractivity contribution >= 4 is 71.7 Å². The van der Waals surface area contributed by atoms with E-state index in [9.17, 15) is 0 Å². The molecule has 0 amide bonds. The van der Waals surface area contributed by atoms with Crippen LogP contribution in [0.5, 0.6) is 0 Å². The molecule has 0 aliphatic rings. The number of para-hydroxylation sites is 4. The highest BCUT2D eigenvalue weighted by Crippen LogP contribution is 2.46. The molecule has 0 aliphatic carbocycles. The number of hydrogen-bond donors (Lipinski definition) is 0. The molecule has 0 saturated heterocycles. The van der Waals surface area contributed by atoms with Crippen LogP contribution in [0, 0.1) is 0 Å². The zero-order valence-corrected chi connectivity index (χ0v) is 33.1. The van der Waals surface area contributed by atoms with E-state index in [0.29, 0.717) is 0 Å². The van der Waals surface area contributed by atoms with Crippen molar-refractivity contribution in [3.63, 3.8) is 0 Å². The molecule has 12 rings (SSSR count). The maximum Gasteiger partial charge on any atom is 0.143 e. The molecule has 0 fully saturated rings. The van der Waals surface area contributed by atoms with Gasteiger partial charge in [-0.05, 0) is 92.7 Å². The van der Waals surface area contributed by atoms with Crippen LogP contribution < -0.4 is 4.90 Å². The fourth-order valence-electron chi connectivity index (χ4n) is 9.19. The standard InChI is InChI=1S/C58H37NO2/c1-2-13-38(14-3-1)39-27-31-42(32-28-39)59(43-33-29-41(30-34-43)46-20-11-22-51-49-18-6-8-25-55(49)60-57(46)51)44-35-36-48(47-21-10-16-40-15-4-5-17-45(40)47)54(37-44)53-24-12-23-52-50-19-7-9-26-56(50)61-58(52)53/h1-37H. The van der Waals surface area contributed by atoms with E-state index in [-0.39, 0.29) is 0 Å². The summed E-state index contributed by atoms with van der Waals surface area (Å²) in [7, 11) is 0. The molecular weight excluding hydrogens is 743 g/mol. The van der Waals surface area contributed by atoms with Gasteiger partial charge in [-0.1, -0.05) is 176 Å². The summed E-state index contributed by atoms with van der Waals surface area (Å²) in [5, 5.41) is 6.87. The van der Waals surface area contributed by atoms with Crippen molar-refractivity contribution in [1.29, 1.82) is 0 Å². The monoisotopic (exact) mass is 779 g/mol. The number of rotatable bonds is 7. The van der Waals surface area contributed by atoms with E-state index in [0.717, 1.165) is 88.8 Å². The van der Waals surface area contributed by atoms with Crippen LogP contribution in [0.25, 0.3) is 99.2 Å². The summed E-state index contributed by atoms with van der Waals surface area (Å²) in [6.45, 7) is 0. The van der Waals surface area contributed by atoms with Crippen LogP contribution in [0.3, 0.4) is 0 Å². The van der Waals surface area contributed by atoms with E-state index in [1.807, 2.05) is 18.2 Å². The van der Waals surface area contributed by atoms with Crippen molar-refractivity contribution in [3.8, 4) is 44.5 Å².